The van der Waals surface area contributed by atoms with E-state index in [0.717, 1.165) is 63.2 Å². The second-order valence-electron chi connectivity index (χ2n) is 8.43. The van der Waals surface area contributed by atoms with E-state index in [4.69, 9.17) is 9.73 Å². The minimum Gasteiger partial charge on any atom is -0.469 e. The summed E-state index contributed by atoms with van der Waals surface area (Å²) >= 11 is 0. The first-order valence-corrected chi connectivity index (χ1v) is 10.9. The molecule has 2 saturated heterocycles. The van der Waals surface area contributed by atoms with Crippen LogP contribution in [0.1, 0.15) is 52.9 Å². The number of carbonyl (C=O) groups is 1. The van der Waals surface area contributed by atoms with Crippen LogP contribution in [0.4, 0.5) is 0 Å². The van der Waals surface area contributed by atoms with Crippen LogP contribution in [0.3, 0.4) is 0 Å². The van der Waals surface area contributed by atoms with Gasteiger partial charge in [0.2, 0.25) is 0 Å². The molecule has 2 atom stereocenters. The lowest BCUT2D eigenvalue weighted by Gasteiger charge is -2.35. The summed E-state index contributed by atoms with van der Waals surface area (Å²) in [5, 5.41) is 3.41. The quantitative estimate of drug-likeness (QED) is 0.188. The third kappa shape index (κ3) is 8.43. The Morgan fingerprint density at radius 3 is 2.36 bits per heavy atom. The third-order valence-corrected chi connectivity index (χ3v) is 5.75. The van der Waals surface area contributed by atoms with Crippen LogP contribution in [0.2, 0.25) is 0 Å². The fourth-order valence-corrected chi connectivity index (χ4v) is 4.53. The van der Waals surface area contributed by atoms with Crippen molar-refractivity contribution in [2.24, 2.45) is 22.7 Å². The monoisotopic (exact) mass is 508 g/mol. The predicted molar refractivity (Wildman–Crippen MR) is 126 cm³/mol. The zero-order valence-electron chi connectivity index (χ0n) is 18.3. The number of hydrogen-bond donors (Lipinski definition) is 1. The molecule has 0 bridgehead atoms. The van der Waals surface area contributed by atoms with Crippen molar-refractivity contribution in [1.29, 1.82) is 0 Å². The maximum atomic E-state index is 11.7. The molecule has 2 aliphatic rings. The Labute approximate surface area is 188 Å². The highest BCUT2D eigenvalue weighted by Gasteiger charge is 2.27. The van der Waals surface area contributed by atoms with Crippen molar-refractivity contribution < 1.29 is 9.53 Å². The van der Waals surface area contributed by atoms with Crippen molar-refractivity contribution in [2.75, 3.05) is 52.9 Å². The maximum Gasteiger partial charge on any atom is 0.308 e. The fourth-order valence-electron chi connectivity index (χ4n) is 4.53. The van der Waals surface area contributed by atoms with Crippen molar-refractivity contribution in [3.8, 4) is 0 Å². The van der Waals surface area contributed by atoms with Gasteiger partial charge in [-0.2, -0.15) is 0 Å². The van der Waals surface area contributed by atoms with E-state index >= 15 is 0 Å². The van der Waals surface area contributed by atoms with Gasteiger partial charge >= 0.3 is 5.97 Å². The Morgan fingerprint density at radius 2 is 1.79 bits per heavy atom. The van der Waals surface area contributed by atoms with Crippen LogP contribution in [0.25, 0.3) is 0 Å². The summed E-state index contributed by atoms with van der Waals surface area (Å²) in [5.74, 6) is 2.64. The number of unbranched alkanes of at least 4 members (excludes halogenated alkanes) is 1. The first kappa shape index (κ1) is 25.5. The molecule has 1 N–H and O–H groups in total. The molecule has 7 heteroatoms. The summed E-state index contributed by atoms with van der Waals surface area (Å²) in [5.41, 5.74) is 0. The van der Waals surface area contributed by atoms with Crippen LogP contribution < -0.4 is 5.32 Å². The summed E-state index contributed by atoms with van der Waals surface area (Å²) in [6.07, 6.45) is 5.42. The second kappa shape index (κ2) is 13.6. The highest BCUT2D eigenvalue weighted by atomic mass is 127. The first-order chi connectivity index (χ1) is 13.0. The van der Waals surface area contributed by atoms with Crippen molar-refractivity contribution in [2.45, 2.75) is 52.9 Å². The van der Waals surface area contributed by atoms with Crippen LogP contribution in [-0.4, -0.2) is 74.7 Å². The SMILES string of the molecule is CCNC(=NCCCCN1CC(C)CC(C)C1)N1CCC(C(=O)OC)CC1.I. The summed E-state index contributed by atoms with van der Waals surface area (Å²) in [7, 11) is 1.48. The van der Waals surface area contributed by atoms with E-state index in [1.165, 1.54) is 39.6 Å². The molecule has 2 aliphatic heterocycles. The number of esters is 1. The van der Waals surface area contributed by atoms with E-state index in [1.54, 1.807) is 0 Å². The van der Waals surface area contributed by atoms with Gasteiger partial charge in [0.25, 0.3) is 0 Å². The molecule has 2 unspecified atom stereocenters. The molecule has 0 saturated carbocycles. The smallest absolute Gasteiger partial charge is 0.308 e. The largest absolute Gasteiger partial charge is 0.469 e. The number of nitrogens with one attached hydrogen (secondary N) is 1. The van der Waals surface area contributed by atoms with Gasteiger partial charge in [0.05, 0.1) is 13.0 Å². The molecule has 0 aromatic carbocycles. The lowest BCUT2D eigenvalue weighted by Crippen LogP contribution is -2.46. The van der Waals surface area contributed by atoms with Gasteiger partial charge in [-0.3, -0.25) is 9.79 Å². The lowest BCUT2D eigenvalue weighted by atomic mass is 9.92. The maximum absolute atomic E-state index is 11.7. The molecule has 164 valence electrons. The molecule has 0 spiro atoms. The van der Waals surface area contributed by atoms with Crippen molar-refractivity contribution in [3.63, 3.8) is 0 Å². The topological polar surface area (TPSA) is 57.2 Å². The normalized spacial score (nSPS) is 24.6. The number of ether oxygens (including phenoxy) is 1. The van der Waals surface area contributed by atoms with E-state index in [0.29, 0.717) is 0 Å². The van der Waals surface area contributed by atoms with Gasteiger partial charge in [-0.15, -0.1) is 24.0 Å². The summed E-state index contributed by atoms with van der Waals surface area (Å²) < 4.78 is 4.88. The summed E-state index contributed by atoms with van der Waals surface area (Å²) in [6.45, 7) is 14.1. The lowest BCUT2D eigenvalue weighted by molar-refractivity contribution is -0.146. The van der Waals surface area contributed by atoms with Crippen molar-refractivity contribution in [3.05, 3.63) is 0 Å². The molecule has 0 amide bonds. The fraction of sp³-hybridized carbons (Fsp3) is 0.905. The van der Waals surface area contributed by atoms with Crippen molar-refractivity contribution in [1.82, 2.24) is 15.1 Å². The molecule has 28 heavy (non-hydrogen) atoms. The van der Waals surface area contributed by atoms with E-state index in [9.17, 15) is 4.79 Å². The number of aliphatic imine (C=N–C) groups is 1. The average Bonchev–Trinajstić information content (AvgIpc) is 2.65. The highest BCUT2D eigenvalue weighted by molar-refractivity contribution is 14.0. The van der Waals surface area contributed by atoms with E-state index in [-0.39, 0.29) is 35.9 Å². The van der Waals surface area contributed by atoms with E-state index < -0.39 is 0 Å². The number of piperidine rings is 2. The number of rotatable bonds is 7. The Balaban J connectivity index is 0.00000392. The minimum absolute atomic E-state index is 0. The number of methoxy groups -OCH3 is 1. The van der Waals surface area contributed by atoms with Gasteiger partial charge in [0.1, 0.15) is 0 Å². The number of nitrogens with zero attached hydrogens (tertiary/aromatic N) is 3. The Hall–Kier alpha value is -0.570. The molecule has 2 rings (SSSR count). The Kier molecular flexibility index (Phi) is 12.4. The van der Waals surface area contributed by atoms with Gasteiger partial charge in [0, 0.05) is 39.3 Å². The van der Waals surface area contributed by atoms with Crippen LogP contribution in [0.15, 0.2) is 4.99 Å². The van der Waals surface area contributed by atoms with Gasteiger partial charge in [-0.25, -0.2) is 0 Å². The minimum atomic E-state index is -0.0714. The van der Waals surface area contributed by atoms with Crippen LogP contribution in [-0.2, 0) is 9.53 Å². The predicted octanol–water partition coefficient (Wildman–Crippen LogP) is 3.21. The molecule has 2 fully saturated rings. The second-order valence-corrected chi connectivity index (χ2v) is 8.43. The molecule has 0 aromatic heterocycles. The molecule has 0 radical (unpaired) electrons. The highest BCUT2D eigenvalue weighted by Crippen LogP contribution is 2.21. The van der Waals surface area contributed by atoms with Crippen LogP contribution in [0, 0.1) is 17.8 Å². The Bertz CT molecular complexity index is 471. The van der Waals surface area contributed by atoms with Crippen LogP contribution >= 0.6 is 24.0 Å². The summed E-state index contributed by atoms with van der Waals surface area (Å²) in [6, 6.07) is 0. The number of guanidine groups is 1. The molecule has 6 nitrogen and oxygen atoms in total. The van der Waals surface area contributed by atoms with Crippen LogP contribution in [0.5, 0.6) is 0 Å². The van der Waals surface area contributed by atoms with Crippen molar-refractivity contribution >= 4 is 35.9 Å². The van der Waals surface area contributed by atoms with E-state index in [1.807, 2.05) is 0 Å². The number of halogens is 1. The first-order valence-electron chi connectivity index (χ1n) is 10.9. The third-order valence-electron chi connectivity index (χ3n) is 5.75. The van der Waals surface area contributed by atoms with E-state index in [2.05, 4.69) is 35.9 Å². The zero-order valence-corrected chi connectivity index (χ0v) is 20.6. The number of hydrogen-bond acceptors (Lipinski definition) is 4. The molecule has 0 aromatic rings. The molecule has 0 aliphatic carbocycles. The number of likely N-dealkylation sites (tertiary alicyclic amines) is 2. The average molecular weight is 508 g/mol. The molecular weight excluding hydrogens is 467 g/mol. The number of carbonyl (C=O) groups excluding carboxylic acids is 1. The Morgan fingerprint density at radius 1 is 1.14 bits per heavy atom. The van der Waals surface area contributed by atoms with Gasteiger partial charge in [0.15, 0.2) is 5.96 Å². The summed E-state index contributed by atoms with van der Waals surface area (Å²) in [4.78, 5) is 21.4. The molecule has 2 heterocycles. The zero-order chi connectivity index (χ0) is 19.6. The molecular formula is C21H41IN4O2. The van der Waals surface area contributed by atoms with Gasteiger partial charge in [-0.1, -0.05) is 13.8 Å². The standard InChI is InChI=1S/C21H40N4O2.HI/c1-5-22-21(25-12-8-19(9-13-25)20(26)27-4)23-10-6-7-11-24-15-17(2)14-18(3)16-24;/h17-19H,5-16H2,1-4H3,(H,22,23);1H. The van der Waals surface area contributed by atoms with Gasteiger partial charge < -0.3 is 19.9 Å². The van der Waals surface area contributed by atoms with Gasteiger partial charge in [-0.05, 0) is 57.4 Å².